The Morgan fingerprint density at radius 1 is 1.58 bits per heavy atom. The minimum atomic E-state index is -0.219. The lowest BCUT2D eigenvalue weighted by atomic mass is 9.84. The van der Waals surface area contributed by atoms with Crippen LogP contribution in [0.2, 0.25) is 0 Å². The van der Waals surface area contributed by atoms with Gasteiger partial charge in [-0.15, -0.1) is 0 Å². The van der Waals surface area contributed by atoms with Gasteiger partial charge >= 0.3 is 0 Å². The van der Waals surface area contributed by atoms with Gasteiger partial charge in [-0.1, -0.05) is 6.42 Å². The maximum absolute atomic E-state index is 9.04. The quantitative estimate of drug-likeness (QED) is 0.682. The third-order valence-electron chi connectivity index (χ3n) is 2.58. The zero-order valence-electron chi connectivity index (χ0n) is 7.97. The van der Waals surface area contributed by atoms with Crippen LogP contribution in [0.25, 0.3) is 0 Å². The first-order valence-electron chi connectivity index (χ1n) is 4.62. The van der Waals surface area contributed by atoms with Crippen LogP contribution in [0.5, 0.6) is 0 Å². The third kappa shape index (κ3) is 2.64. The van der Waals surface area contributed by atoms with E-state index in [4.69, 9.17) is 5.11 Å². The lowest BCUT2D eigenvalue weighted by Crippen LogP contribution is -2.44. The Bertz CT molecular complexity index is 129. The van der Waals surface area contributed by atoms with E-state index in [0.29, 0.717) is 4.75 Å². The van der Waals surface area contributed by atoms with Gasteiger partial charge in [0.2, 0.25) is 0 Å². The van der Waals surface area contributed by atoms with E-state index in [9.17, 15) is 0 Å². The van der Waals surface area contributed by atoms with E-state index < -0.39 is 0 Å². The number of aliphatic hydroxyl groups is 1. The number of hydrogen-bond donors (Lipinski definition) is 2. The molecule has 0 amide bonds. The molecule has 1 aliphatic rings. The van der Waals surface area contributed by atoms with Gasteiger partial charge in [0.15, 0.2) is 0 Å². The van der Waals surface area contributed by atoms with Crippen LogP contribution in [0.15, 0.2) is 0 Å². The maximum atomic E-state index is 9.04. The topological polar surface area (TPSA) is 32.3 Å². The summed E-state index contributed by atoms with van der Waals surface area (Å²) in [5, 5.41) is 12.4. The van der Waals surface area contributed by atoms with Gasteiger partial charge in [-0.25, -0.2) is 0 Å². The summed E-state index contributed by atoms with van der Waals surface area (Å²) in [5.74, 6) is 0. The fraction of sp³-hybridized carbons (Fsp3) is 1.00. The van der Waals surface area contributed by atoms with E-state index in [-0.39, 0.29) is 6.10 Å². The van der Waals surface area contributed by atoms with Gasteiger partial charge in [0, 0.05) is 17.8 Å². The molecule has 0 radical (unpaired) electrons. The largest absolute Gasteiger partial charge is 0.392 e. The van der Waals surface area contributed by atoms with Crippen molar-refractivity contribution in [1.29, 1.82) is 0 Å². The molecule has 0 heterocycles. The second-order valence-corrected chi connectivity index (χ2v) is 4.99. The van der Waals surface area contributed by atoms with Crippen LogP contribution >= 0.6 is 11.8 Å². The summed E-state index contributed by atoms with van der Waals surface area (Å²) in [6.07, 6.45) is 6.01. The van der Waals surface area contributed by atoms with Crippen LogP contribution in [0.4, 0.5) is 0 Å². The van der Waals surface area contributed by atoms with E-state index in [1.807, 2.05) is 18.7 Å². The first-order chi connectivity index (χ1) is 5.68. The van der Waals surface area contributed by atoms with Crippen LogP contribution in [-0.4, -0.2) is 35.3 Å². The Hall–Kier alpha value is 0.270. The van der Waals surface area contributed by atoms with Crippen molar-refractivity contribution in [2.75, 3.05) is 19.3 Å². The molecule has 0 bridgehead atoms. The van der Waals surface area contributed by atoms with Crippen molar-refractivity contribution in [3.05, 3.63) is 0 Å². The van der Waals surface area contributed by atoms with Crippen molar-refractivity contribution < 1.29 is 5.11 Å². The Morgan fingerprint density at radius 2 is 2.25 bits per heavy atom. The van der Waals surface area contributed by atoms with Gasteiger partial charge in [-0.05, 0) is 26.0 Å². The minimum absolute atomic E-state index is 0.219. The fourth-order valence-corrected chi connectivity index (χ4v) is 2.48. The van der Waals surface area contributed by atoms with E-state index in [0.717, 1.165) is 13.1 Å². The van der Waals surface area contributed by atoms with Gasteiger partial charge in [0.25, 0.3) is 0 Å². The molecule has 0 aromatic rings. The molecule has 0 aliphatic heterocycles. The van der Waals surface area contributed by atoms with E-state index in [1.165, 1.54) is 19.3 Å². The van der Waals surface area contributed by atoms with Crippen LogP contribution in [0.3, 0.4) is 0 Å². The molecule has 1 rings (SSSR count). The molecule has 1 fully saturated rings. The summed E-state index contributed by atoms with van der Waals surface area (Å²) in [6, 6.07) is 0. The van der Waals surface area contributed by atoms with E-state index in [1.54, 1.807) is 0 Å². The van der Waals surface area contributed by atoms with Crippen molar-refractivity contribution in [2.24, 2.45) is 0 Å². The first-order valence-corrected chi connectivity index (χ1v) is 5.85. The van der Waals surface area contributed by atoms with E-state index >= 15 is 0 Å². The highest BCUT2D eigenvalue weighted by Gasteiger charge is 2.35. The minimum Gasteiger partial charge on any atom is -0.392 e. The standard InChI is InChI=1S/C9H19NOS/c1-8(11)6-10-7-9(12-2)4-3-5-9/h8,10-11H,3-7H2,1-2H3/t8-/m0/s1. The lowest BCUT2D eigenvalue weighted by Gasteiger charge is -2.40. The van der Waals surface area contributed by atoms with Crippen molar-refractivity contribution in [1.82, 2.24) is 5.32 Å². The summed E-state index contributed by atoms with van der Waals surface area (Å²) in [5.41, 5.74) is 0. The summed E-state index contributed by atoms with van der Waals surface area (Å²) < 4.78 is 0.495. The molecule has 12 heavy (non-hydrogen) atoms. The highest BCUT2D eigenvalue weighted by Crippen LogP contribution is 2.41. The zero-order chi connectivity index (χ0) is 9.03. The van der Waals surface area contributed by atoms with E-state index in [2.05, 4.69) is 11.6 Å². The zero-order valence-corrected chi connectivity index (χ0v) is 8.78. The van der Waals surface area contributed by atoms with Crippen molar-refractivity contribution in [3.63, 3.8) is 0 Å². The molecule has 3 heteroatoms. The van der Waals surface area contributed by atoms with Crippen LogP contribution in [0.1, 0.15) is 26.2 Å². The van der Waals surface area contributed by atoms with Crippen LogP contribution in [0, 0.1) is 0 Å². The maximum Gasteiger partial charge on any atom is 0.0636 e. The predicted molar refractivity (Wildman–Crippen MR) is 54.6 cm³/mol. The second-order valence-electron chi connectivity index (χ2n) is 3.72. The number of nitrogens with one attached hydrogen (secondary N) is 1. The molecule has 2 nitrogen and oxygen atoms in total. The molecule has 2 N–H and O–H groups in total. The number of thioether (sulfide) groups is 1. The molecule has 0 saturated heterocycles. The number of aliphatic hydroxyl groups excluding tert-OH is 1. The third-order valence-corrected chi connectivity index (χ3v) is 4.00. The molecule has 72 valence electrons. The molecule has 0 spiro atoms. The Kier molecular flexibility index (Phi) is 3.87. The highest BCUT2D eigenvalue weighted by atomic mass is 32.2. The Labute approximate surface area is 79.1 Å². The van der Waals surface area contributed by atoms with Crippen molar-refractivity contribution >= 4 is 11.8 Å². The van der Waals surface area contributed by atoms with Gasteiger partial charge in [-0.2, -0.15) is 11.8 Å². The summed E-state index contributed by atoms with van der Waals surface area (Å²) >= 11 is 1.97. The molecule has 0 aromatic heterocycles. The lowest BCUT2D eigenvalue weighted by molar-refractivity contribution is 0.187. The fourth-order valence-electron chi connectivity index (χ4n) is 1.53. The normalized spacial score (nSPS) is 23.2. The monoisotopic (exact) mass is 189 g/mol. The Morgan fingerprint density at radius 3 is 2.58 bits per heavy atom. The molecule has 1 atom stereocenters. The molecule has 0 unspecified atom stereocenters. The molecule has 0 aromatic carbocycles. The second kappa shape index (κ2) is 4.49. The average molecular weight is 189 g/mol. The molecular formula is C9H19NOS. The van der Waals surface area contributed by atoms with Gasteiger partial charge in [0.1, 0.15) is 0 Å². The number of rotatable bonds is 5. The first kappa shape index (κ1) is 10.4. The van der Waals surface area contributed by atoms with Crippen LogP contribution < -0.4 is 5.32 Å². The molecular weight excluding hydrogens is 170 g/mol. The van der Waals surface area contributed by atoms with Crippen molar-refractivity contribution in [2.45, 2.75) is 37.0 Å². The number of hydrogen-bond acceptors (Lipinski definition) is 3. The smallest absolute Gasteiger partial charge is 0.0636 e. The molecule has 1 aliphatic carbocycles. The van der Waals surface area contributed by atoms with Crippen molar-refractivity contribution in [3.8, 4) is 0 Å². The van der Waals surface area contributed by atoms with Gasteiger partial charge < -0.3 is 10.4 Å². The highest BCUT2D eigenvalue weighted by molar-refractivity contribution is 8.00. The Balaban J connectivity index is 2.12. The average Bonchev–Trinajstić information content (AvgIpc) is 1.94. The van der Waals surface area contributed by atoms with Gasteiger partial charge in [-0.3, -0.25) is 0 Å². The van der Waals surface area contributed by atoms with Gasteiger partial charge in [0.05, 0.1) is 6.10 Å². The molecule has 1 saturated carbocycles. The summed E-state index contributed by atoms with van der Waals surface area (Å²) in [7, 11) is 0. The predicted octanol–water partition coefficient (Wildman–Crippen LogP) is 1.24. The summed E-state index contributed by atoms with van der Waals surface area (Å²) in [4.78, 5) is 0. The summed E-state index contributed by atoms with van der Waals surface area (Å²) in [6.45, 7) is 3.60. The SMILES string of the molecule is CSC1(CNC[C@H](C)O)CCC1. The van der Waals surface area contributed by atoms with Crippen LogP contribution in [-0.2, 0) is 0 Å².